The van der Waals surface area contributed by atoms with Crippen LogP contribution < -0.4 is 9.54 Å². The van der Waals surface area contributed by atoms with E-state index in [0.29, 0.717) is 12.7 Å². The van der Waals surface area contributed by atoms with Crippen molar-refractivity contribution in [2.45, 2.75) is 39.3 Å². The second-order valence-corrected chi connectivity index (χ2v) is 6.25. The second-order valence-electron chi connectivity index (χ2n) is 5.42. The molecule has 1 aromatic heterocycles. The largest absolute Gasteiger partial charge is 0.492 e. The SMILES string of the molecule is CCOc1ccccc1N=c1scc(C)n1CC1CCCO1. The van der Waals surface area contributed by atoms with Crippen molar-refractivity contribution < 1.29 is 9.47 Å². The number of thiazole rings is 1. The summed E-state index contributed by atoms with van der Waals surface area (Å²) in [5.41, 5.74) is 2.11. The standard InChI is InChI=1S/C17H22N2O2S/c1-3-20-16-9-5-4-8-15(16)18-17-19(13(2)12-22-17)11-14-7-6-10-21-14/h4-5,8-9,12,14H,3,6-7,10-11H2,1-2H3. The number of benzene rings is 1. The average molecular weight is 318 g/mol. The van der Waals surface area contributed by atoms with Crippen molar-refractivity contribution in [1.82, 2.24) is 4.57 Å². The van der Waals surface area contributed by atoms with E-state index < -0.39 is 0 Å². The number of aryl methyl sites for hydroxylation is 1. The van der Waals surface area contributed by atoms with Gasteiger partial charge in [0.1, 0.15) is 11.4 Å². The van der Waals surface area contributed by atoms with Gasteiger partial charge in [0.05, 0.1) is 19.3 Å². The summed E-state index contributed by atoms with van der Waals surface area (Å²) < 4.78 is 13.7. The van der Waals surface area contributed by atoms with Crippen LogP contribution in [0.5, 0.6) is 5.75 Å². The van der Waals surface area contributed by atoms with Crippen LogP contribution in [-0.4, -0.2) is 23.9 Å². The summed E-state index contributed by atoms with van der Waals surface area (Å²) in [6.07, 6.45) is 2.61. The Morgan fingerprint density at radius 1 is 1.41 bits per heavy atom. The van der Waals surface area contributed by atoms with Crippen LogP contribution in [0.25, 0.3) is 0 Å². The molecule has 1 fully saturated rings. The lowest BCUT2D eigenvalue weighted by Crippen LogP contribution is -2.24. The topological polar surface area (TPSA) is 35.8 Å². The first kappa shape index (κ1) is 15.3. The Kier molecular flexibility index (Phi) is 4.95. The van der Waals surface area contributed by atoms with E-state index in [1.807, 2.05) is 31.2 Å². The van der Waals surface area contributed by atoms with Crippen molar-refractivity contribution in [1.29, 1.82) is 0 Å². The summed E-state index contributed by atoms with van der Waals surface area (Å²) in [7, 11) is 0. The quantitative estimate of drug-likeness (QED) is 0.843. The minimum Gasteiger partial charge on any atom is -0.492 e. The molecule has 3 rings (SSSR count). The van der Waals surface area contributed by atoms with E-state index in [0.717, 1.165) is 42.2 Å². The lowest BCUT2D eigenvalue weighted by molar-refractivity contribution is 0.0959. The Morgan fingerprint density at radius 3 is 3.05 bits per heavy atom. The van der Waals surface area contributed by atoms with Gasteiger partial charge in [0.2, 0.25) is 0 Å². The van der Waals surface area contributed by atoms with Gasteiger partial charge < -0.3 is 14.0 Å². The Labute approximate surface area is 135 Å². The smallest absolute Gasteiger partial charge is 0.190 e. The van der Waals surface area contributed by atoms with Crippen LogP contribution in [0.3, 0.4) is 0 Å². The summed E-state index contributed by atoms with van der Waals surface area (Å²) in [5.74, 6) is 0.833. The summed E-state index contributed by atoms with van der Waals surface area (Å²) in [4.78, 5) is 5.82. The lowest BCUT2D eigenvalue weighted by atomic mass is 10.2. The van der Waals surface area contributed by atoms with Crippen LogP contribution in [0.4, 0.5) is 5.69 Å². The van der Waals surface area contributed by atoms with Crippen LogP contribution in [0.15, 0.2) is 34.6 Å². The van der Waals surface area contributed by atoms with Crippen molar-refractivity contribution >= 4 is 17.0 Å². The van der Waals surface area contributed by atoms with Crippen LogP contribution in [-0.2, 0) is 11.3 Å². The normalized spacial score (nSPS) is 18.8. The zero-order valence-electron chi connectivity index (χ0n) is 13.1. The van der Waals surface area contributed by atoms with Crippen LogP contribution >= 0.6 is 11.3 Å². The molecule has 0 saturated carbocycles. The van der Waals surface area contributed by atoms with Gasteiger partial charge in [0, 0.05) is 17.7 Å². The van der Waals surface area contributed by atoms with Gasteiger partial charge >= 0.3 is 0 Å². The molecule has 0 N–H and O–H groups in total. The van der Waals surface area contributed by atoms with E-state index in [1.165, 1.54) is 5.69 Å². The third-order valence-electron chi connectivity index (χ3n) is 3.78. The van der Waals surface area contributed by atoms with Crippen molar-refractivity contribution in [2.24, 2.45) is 4.99 Å². The number of nitrogens with zero attached hydrogens (tertiary/aromatic N) is 2. The highest BCUT2D eigenvalue weighted by molar-refractivity contribution is 7.07. The predicted octanol–water partition coefficient (Wildman–Crippen LogP) is 3.67. The molecule has 4 nitrogen and oxygen atoms in total. The van der Waals surface area contributed by atoms with Gasteiger partial charge in [-0.25, -0.2) is 4.99 Å². The first-order valence-corrected chi connectivity index (χ1v) is 8.69. The highest BCUT2D eigenvalue weighted by atomic mass is 32.1. The summed E-state index contributed by atoms with van der Waals surface area (Å²) in [6.45, 7) is 6.52. The lowest BCUT2D eigenvalue weighted by Gasteiger charge is -2.12. The predicted molar refractivity (Wildman–Crippen MR) is 88.9 cm³/mol. The van der Waals surface area contributed by atoms with Crippen molar-refractivity contribution in [3.63, 3.8) is 0 Å². The van der Waals surface area contributed by atoms with Crippen LogP contribution in [0, 0.1) is 6.92 Å². The van der Waals surface area contributed by atoms with Crippen molar-refractivity contribution in [3.05, 3.63) is 40.1 Å². The number of rotatable bonds is 5. The zero-order valence-corrected chi connectivity index (χ0v) is 13.9. The first-order chi connectivity index (χ1) is 10.8. The number of para-hydroxylation sites is 2. The first-order valence-electron chi connectivity index (χ1n) is 7.81. The number of aromatic nitrogens is 1. The van der Waals surface area contributed by atoms with Crippen molar-refractivity contribution in [3.8, 4) is 5.75 Å². The van der Waals surface area contributed by atoms with E-state index >= 15 is 0 Å². The second kappa shape index (κ2) is 7.11. The molecule has 0 aliphatic carbocycles. The molecule has 1 atom stereocenters. The minimum absolute atomic E-state index is 0.314. The average Bonchev–Trinajstić information content (AvgIpc) is 3.15. The highest BCUT2D eigenvalue weighted by Crippen LogP contribution is 2.26. The minimum atomic E-state index is 0.314. The molecule has 1 saturated heterocycles. The maximum atomic E-state index is 5.77. The fourth-order valence-corrected chi connectivity index (χ4v) is 3.55. The maximum absolute atomic E-state index is 5.77. The molecule has 0 spiro atoms. The van der Waals surface area contributed by atoms with Gasteiger partial charge in [0.15, 0.2) is 4.80 Å². The van der Waals surface area contributed by atoms with Crippen LogP contribution in [0.2, 0.25) is 0 Å². The third kappa shape index (κ3) is 3.42. The zero-order chi connectivity index (χ0) is 15.4. The van der Waals surface area contributed by atoms with Gasteiger partial charge in [-0.2, -0.15) is 0 Å². The molecule has 0 bridgehead atoms. The highest BCUT2D eigenvalue weighted by Gasteiger charge is 2.17. The van der Waals surface area contributed by atoms with Gasteiger partial charge in [-0.15, -0.1) is 11.3 Å². The Morgan fingerprint density at radius 2 is 2.27 bits per heavy atom. The van der Waals surface area contributed by atoms with E-state index in [-0.39, 0.29) is 0 Å². The van der Waals surface area contributed by atoms with Crippen molar-refractivity contribution in [2.75, 3.05) is 13.2 Å². The molecular formula is C17H22N2O2S. The molecular weight excluding hydrogens is 296 g/mol. The molecule has 1 unspecified atom stereocenters. The monoisotopic (exact) mass is 318 g/mol. The summed E-state index contributed by atoms with van der Waals surface area (Å²) >= 11 is 1.67. The molecule has 118 valence electrons. The summed E-state index contributed by atoms with van der Waals surface area (Å²) in [6, 6.07) is 7.93. The van der Waals surface area contributed by atoms with E-state index in [9.17, 15) is 0 Å². The third-order valence-corrected chi connectivity index (χ3v) is 4.76. The molecule has 2 aromatic rings. The molecule has 22 heavy (non-hydrogen) atoms. The van der Waals surface area contributed by atoms with Gasteiger partial charge in [-0.05, 0) is 38.8 Å². The van der Waals surface area contributed by atoms with E-state index in [4.69, 9.17) is 14.5 Å². The number of hydrogen-bond donors (Lipinski definition) is 0. The Hall–Kier alpha value is -1.59. The fourth-order valence-electron chi connectivity index (χ4n) is 2.65. The number of hydrogen-bond acceptors (Lipinski definition) is 4. The molecule has 1 aliphatic rings. The van der Waals surface area contributed by atoms with E-state index in [2.05, 4.69) is 16.9 Å². The molecule has 2 heterocycles. The molecule has 5 heteroatoms. The maximum Gasteiger partial charge on any atom is 0.190 e. The van der Waals surface area contributed by atoms with Gasteiger partial charge in [-0.3, -0.25) is 0 Å². The van der Waals surface area contributed by atoms with Gasteiger partial charge in [-0.1, -0.05) is 12.1 Å². The van der Waals surface area contributed by atoms with Gasteiger partial charge in [0.25, 0.3) is 0 Å². The molecule has 0 radical (unpaired) electrons. The Balaban J connectivity index is 1.94. The molecule has 1 aliphatic heterocycles. The molecule has 1 aromatic carbocycles. The fraction of sp³-hybridized carbons (Fsp3) is 0.471. The molecule has 0 amide bonds. The van der Waals surface area contributed by atoms with Crippen LogP contribution in [0.1, 0.15) is 25.5 Å². The Bertz CT molecular complexity index is 684. The number of ether oxygens (including phenoxy) is 2. The summed E-state index contributed by atoms with van der Waals surface area (Å²) in [5, 5.41) is 2.15. The van der Waals surface area contributed by atoms with E-state index in [1.54, 1.807) is 11.3 Å².